The molecule has 0 aliphatic carbocycles. The lowest BCUT2D eigenvalue weighted by atomic mass is 9.92. The van der Waals surface area contributed by atoms with Crippen LogP contribution in [0.4, 0.5) is 5.69 Å². The minimum absolute atomic E-state index is 0.00525. The number of hydrogen-bond acceptors (Lipinski definition) is 2. The van der Waals surface area contributed by atoms with Gasteiger partial charge in [0.05, 0.1) is 5.56 Å². The average molecular weight is 347 g/mol. The highest BCUT2D eigenvalue weighted by Crippen LogP contribution is 2.33. The molecular formula is C23H25NO2. The topological polar surface area (TPSA) is 49.3 Å². The molecule has 0 saturated carbocycles. The van der Waals surface area contributed by atoms with Gasteiger partial charge in [-0.15, -0.1) is 0 Å². The predicted octanol–water partition coefficient (Wildman–Crippen LogP) is 6.04. The van der Waals surface area contributed by atoms with Crippen molar-refractivity contribution in [2.24, 2.45) is 0 Å². The largest absolute Gasteiger partial charge is 0.507 e. The highest BCUT2D eigenvalue weighted by atomic mass is 16.3. The molecule has 0 saturated heterocycles. The second-order valence-electron chi connectivity index (χ2n) is 7.29. The molecular weight excluding hydrogens is 322 g/mol. The van der Waals surface area contributed by atoms with Crippen molar-refractivity contribution in [1.29, 1.82) is 0 Å². The van der Waals surface area contributed by atoms with Crippen molar-refractivity contribution in [3.05, 3.63) is 71.3 Å². The van der Waals surface area contributed by atoms with Crippen molar-refractivity contribution in [2.45, 2.75) is 39.5 Å². The number of rotatable bonds is 4. The summed E-state index contributed by atoms with van der Waals surface area (Å²) in [5, 5.41) is 15.3. The van der Waals surface area contributed by atoms with E-state index in [-0.39, 0.29) is 29.1 Å². The van der Waals surface area contributed by atoms with Gasteiger partial charge in [-0.2, -0.15) is 0 Å². The van der Waals surface area contributed by atoms with Gasteiger partial charge in [0.25, 0.3) is 5.91 Å². The van der Waals surface area contributed by atoms with E-state index in [4.69, 9.17) is 0 Å². The van der Waals surface area contributed by atoms with Gasteiger partial charge in [0.15, 0.2) is 0 Å². The molecule has 0 unspecified atom stereocenters. The first kappa shape index (κ1) is 18.0. The van der Waals surface area contributed by atoms with Gasteiger partial charge in [-0.3, -0.25) is 4.79 Å². The standard InChI is InChI=1S/C23H25NO2/c1-14(2)18-10-7-11-19(15(3)4)22(18)24-23(26)20-12-16-8-5-6-9-17(16)13-21(20)25/h5-15,25H,1-4H3,(H,24,26). The van der Waals surface area contributed by atoms with Crippen LogP contribution in [-0.4, -0.2) is 11.0 Å². The summed E-state index contributed by atoms with van der Waals surface area (Å²) in [5.74, 6) is 0.279. The Morgan fingerprint density at radius 1 is 0.846 bits per heavy atom. The molecule has 0 heterocycles. The Labute approximate surface area is 154 Å². The Morgan fingerprint density at radius 3 is 1.92 bits per heavy atom. The fraction of sp³-hybridized carbons (Fsp3) is 0.261. The van der Waals surface area contributed by atoms with Crippen LogP contribution in [0, 0.1) is 0 Å². The van der Waals surface area contributed by atoms with Gasteiger partial charge >= 0.3 is 0 Å². The minimum atomic E-state index is -0.289. The number of phenols is 1. The molecule has 1 amide bonds. The first-order chi connectivity index (χ1) is 12.4. The van der Waals surface area contributed by atoms with Crippen molar-refractivity contribution in [1.82, 2.24) is 0 Å². The molecule has 2 N–H and O–H groups in total. The van der Waals surface area contributed by atoms with Gasteiger partial charge in [0.1, 0.15) is 5.75 Å². The van der Waals surface area contributed by atoms with Gasteiger partial charge in [-0.1, -0.05) is 70.2 Å². The molecule has 134 valence electrons. The third kappa shape index (κ3) is 3.43. The van der Waals surface area contributed by atoms with Crippen LogP contribution in [0.25, 0.3) is 10.8 Å². The van der Waals surface area contributed by atoms with Gasteiger partial charge < -0.3 is 10.4 Å². The molecule has 3 aromatic rings. The number of aromatic hydroxyl groups is 1. The zero-order valence-electron chi connectivity index (χ0n) is 15.7. The summed E-state index contributed by atoms with van der Waals surface area (Å²) in [6, 6.07) is 17.2. The van der Waals surface area contributed by atoms with E-state index in [9.17, 15) is 9.90 Å². The number of hydrogen-bond donors (Lipinski definition) is 2. The van der Waals surface area contributed by atoms with E-state index in [1.165, 1.54) is 0 Å². The maximum absolute atomic E-state index is 13.0. The van der Waals surface area contributed by atoms with E-state index in [1.54, 1.807) is 12.1 Å². The van der Waals surface area contributed by atoms with E-state index in [1.807, 2.05) is 42.5 Å². The van der Waals surface area contributed by atoms with Crippen LogP contribution in [0.15, 0.2) is 54.6 Å². The number of para-hydroxylation sites is 1. The summed E-state index contributed by atoms with van der Waals surface area (Å²) in [6.45, 7) is 8.45. The number of carbonyl (C=O) groups excluding carboxylic acids is 1. The molecule has 0 bridgehead atoms. The Kier molecular flexibility index (Phi) is 4.99. The number of amides is 1. The molecule has 3 heteroatoms. The molecule has 0 aromatic heterocycles. The summed E-state index contributed by atoms with van der Waals surface area (Å²) >= 11 is 0. The van der Waals surface area contributed by atoms with Crippen molar-refractivity contribution in [3.63, 3.8) is 0 Å². The van der Waals surface area contributed by atoms with E-state index in [0.29, 0.717) is 0 Å². The van der Waals surface area contributed by atoms with Crippen LogP contribution in [0.2, 0.25) is 0 Å². The summed E-state index contributed by atoms with van der Waals surface area (Å²) < 4.78 is 0. The van der Waals surface area contributed by atoms with Gasteiger partial charge in [-0.05, 0) is 45.9 Å². The van der Waals surface area contributed by atoms with Crippen LogP contribution in [0.1, 0.15) is 61.0 Å². The molecule has 3 aromatic carbocycles. The zero-order chi connectivity index (χ0) is 18.8. The molecule has 0 fully saturated rings. The number of carbonyl (C=O) groups is 1. The average Bonchev–Trinajstić information content (AvgIpc) is 2.60. The number of anilines is 1. The Bertz CT molecular complexity index is 931. The summed E-state index contributed by atoms with van der Waals surface area (Å²) in [5.41, 5.74) is 3.35. The van der Waals surface area contributed by atoms with Crippen LogP contribution in [0.5, 0.6) is 5.75 Å². The molecule has 0 aliphatic heterocycles. The number of phenolic OH excluding ortho intramolecular Hbond substituents is 1. The SMILES string of the molecule is CC(C)c1cccc(C(C)C)c1NC(=O)c1cc2ccccc2cc1O. The monoisotopic (exact) mass is 347 g/mol. The van der Waals surface area contributed by atoms with Crippen molar-refractivity contribution in [2.75, 3.05) is 5.32 Å². The van der Waals surface area contributed by atoms with Gasteiger partial charge in [0.2, 0.25) is 0 Å². The van der Waals surface area contributed by atoms with E-state index >= 15 is 0 Å². The highest BCUT2D eigenvalue weighted by Gasteiger charge is 2.19. The summed E-state index contributed by atoms with van der Waals surface area (Å²) in [6.07, 6.45) is 0. The quantitative estimate of drug-likeness (QED) is 0.604. The fourth-order valence-corrected chi connectivity index (χ4v) is 3.29. The molecule has 0 radical (unpaired) electrons. The second kappa shape index (κ2) is 7.20. The third-order valence-electron chi connectivity index (χ3n) is 4.72. The summed E-state index contributed by atoms with van der Waals surface area (Å²) in [7, 11) is 0. The lowest BCUT2D eigenvalue weighted by Gasteiger charge is -2.20. The maximum atomic E-state index is 13.0. The fourth-order valence-electron chi connectivity index (χ4n) is 3.29. The molecule has 0 spiro atoms. The zero-order valence-corrected chi connectivity index (χ0v) is 15.7. The number of benzene rings is 3. The molecule has 3 rings (SSSR count). The Balaban J connectivity index is 2.04. The van der Waals surface area contributed by atoms with Crippen molar-refractivity contribution >= 4 is 22.4 Å². The van der Waals surface area contributed by atoms with Crippen LogP contribution in [-0.2, 0) is 0 Å². The molecule has 0 aliphatic rings. The van der Waals surface area contributed by atoms with Crippen LogP contribution < -0.4 is 5.32 Å². The van der Waals surface area contributed by atoms with E-state index in [0.717, 1.165) is 27.6 Å². The number of fused-ring (bicyclic) bond motifs is 1. The first-order valence-electron chi connectivity index (χ1n) is 9.04. The van der Waals surface area contributed by atoms with Crippen LogP contribution >= 0.6 is 0 Å². The van der Waals surface area contributed by atoms with E-state index in [2.05, 4.69) is 33.0 Å². The highest BCUT2D eigenvalue weighted by molar-refractivity contribution is 6.09. The van der Waals surface area contributed by atoms with Crippen molar-refractivity contribution in [3.8, 4) is 5.75 Å². The predicted molar refractivity (Wildman–Crippen MR) is 108 cm³/mol. The number of nitrogens with one attached hydrogen (secondary N) is 1. The smallest absolute Gasteiger partial charge is 0.259 e. The lowest BCUT2D eigenvalue weighted by Crippen LogP contribution is -2.16. The van der Waals surface area contributed by atoms with Gasteiger partial charge in [0, 0.05) is 5.69 Å². The third-order valence-corrected chi connectivity index (χ3v) is 4.72. The lowest BCUT2D eigenvalue weighted by molar-refractivity contribution is 0.102. The van der Waals surface area contributed by atoms with E-state index < -0.39 is 0 Å². The van der Waals surface area contributed by atoms with Crippen LogP contribution in [0.3, 0.4) is 0 Å². The van der Waals surface area contributed by atoms with Crippen molar-refractivity contribution < 1.29 is 9.90 Å². The molecule has 26 heavy (non-hydrogen) atoms. The Hall–Kier alpha value is -2.81. The summed E-state index contributed by atoms with van der Waals surface area (Å²) in [4.78, 5) is 13.0. The normalized spacial score (nSPS) is 11.3. The van der Waals surface area contributed by atoms with Gasteiger partial charge in [-0.25, -0.2) is 0 Å². The first-order valence-corrected chi connectivity index (χ1v) is 9.04. The second-order valence-corrected chi connectivity index (χ2v) is 7.29. The molecule has 0 atom stereocenters. The minimum Gasteiger partial charge on any atom is -0.507 e. The Morgan fingerprint density at radius 2 is 1.38 bits per heavy atom. The molecule has 3 nitrogen and oxygen atoms in total. The maximum Gasteiger partial charge on any atom is 0.259 e.